The molecule has 1 radical (unpaired) electrons. The van der Waals surface area contributed by atoms with E-state index in [1.54, 1.807) is 24.3 Å². The quantitative estimate of drug-likeness (QED) is 0.277. The molecule has 1 aromatic carbocycles. The number of carbonyl (C=O) groups excluding carboxylic acids is 1. The smallest absolute Gasteiger partial charge is 0.111 e. The molecule has 5 unspecified atom stereocenters. The van der Waals surface area contributed by atoms with Crippen LogP contribution >= 0.6 is 0 Å². The van der Waals surface area contributed by atoms with Gasteiger partial charge < -0.3 is 55.2 Å². The van der Waals surface area contributed by atoms with E-state index < -0.39 is 36.5 Å². The van der Waals surface area contributed by atoms with Crippen molar-refractivity contribution in [3.8, 4) is 0 Å². The van der Waals surface area contributed by atoms with Crippen LogP contribution in [-0.4, -0.2) is 62.0 Å². The van der Waals surface area contributed by atoms with Gasteiger partial charge in [-0.15, -0.1) is 0 Å². The fourth-order valence-corrected chi connectivity index (χ4v) is 2.08. The zero-order chi connectivity index (χ0) is 16.0. The number of hydrogen-bond donors (Lipinski definition) is 4. The number of ether oxygens (including phenoxy) is 1. The number of aliphatic hydroxyl groups excluding tert-OH is 4. The van der Waals surface area contributed by atoms with Crippen molar-refractivity contribution in [3.63, 3.8) is 0 Å². The summed E-state index contributed by atoms with van der Waals surface area (Å²) in [5, 5.41) is 35.8. The van der Waals surface area contributed by atoms with Gasteiger partial charge in [0, 0.05) is 27.5 Å². The average Bonchev–Trinajstić information content (AvgIpc) is 2.50. The summed E-state index contributed by atoms with van der Waals surface area (Å²) in [6.07, 6.45) is -4.83. The summed E-state index contributed by atoms with van der Waals surface area (Å²) in [4.78, 5) is 10.5. The summed E-state index contributed by atoms with van der Waals surface area (Å²) in [7, 11) is 0. The van der Waals surface area contributed by atoms with Gasteiger partial charge in [-0.3, -0.25) is 0 Å². The van der Waals surface area contributed by atoms with Gasteiger partial charge in [0.15, 0.2) is 0 Å². The molecule has 1 aromatic rings. The molecule has 0 spiro atoms. The Balaban J connectivity index is 0.000000397. The summed E-state index contributed by atoms with van der Waals surface area (Å²) >= 11 is 9.04. The molecule has 9 heteroatoms. The number of carbonyl (C=O) groups is 1. The van der Waals surface area contributed by atoms with E-state index in [9.17, 15) is 9.90 Å². The zero-order valence-electron chi connectivity index (χ0n) is 11.2. The topological polar surface area (TPSA) is 107 Å². The second-order valence-electron chi connectivity index (χ2n) is 4.35. The minimum Gasteiger partial charge on any atom is -0.759 e. The maximum atomic E-state index is 10.5. The average molecular weight is 529 g/mol. The molecule has 5 atom stereocenters. The Kier molecular flexibility index (Phi) is 10.7. The first-order valence-electron chi connectivity index (χ1n) is 6.11. The Hall–Kier alpha value is 0.000260. The molecule has 129 valence electrons. The first-order chi connectivity index (χ1) is 9.88. The fraction of sp³-hybridized carbons (Fsp3) is 0.462. The van der Waals surface area contributed by atoms with Crippen LogP contribution in [0, 0.1) is 0 Å². The van der Waals surface area contributed by atoms with Crippen molar-refractivity contribution in [1.29, 1.82) is 0 Å². The second-order valence-corrected chi connectivity index (χ2v) is 5.19. The third-order valence-corrected chi connectivity index (χ3v) is 3.48. The fourth-order valence-electron chi connectivity index (χ4n) is 1.64. The van der Waals surface area contributed by atoms with Crippen LogP contribution in [-0.2, 0) is 52.4 Å². The normalized spacial score (nSPS) is 30.5. The molecule has 6 nitrogen and oxygen atoms in total. The van der Waals surface area contributed by atoms with Crippen molar-refractivity contribution in [1.82, 2.24) is 0 Å². The summed E-state index contributed by atoms with van der Waals surface area (Å²) in [6, 6.07) is 8.84. The summed E-state index contributed by atoms with van der Waals surface area (Å²) in [6.45, 7) is -0.432. The number of benzene rings is 1. The van der Waals surface area contributed by atoms with Crippen molar-refractivity contribution in [2.45, 2.75) is 29.9 Å². The molecule has 4 N–H and O–H groups in total. The Morgan fingerprint density at radius 3 is 2.05 bits per heavy atom. The number of hydrogen-bond acceptors (Lipinski definition) is 8. The Bertz CT molecular complexity index is 445. The molecule has 1 saturated heterocycles. The Morgan fingerprint density at radius 1 is 1.09 bits per heavy atom. The van der Waals surface area contributed by atoms with Gasteiger partial charge >= 0.3 is 0 Å². The monoisotopic (exact) mass is 529 g/mol. The van der Waals surface area contributed by atoms with Crippen molar-refractivity contribution in [2.75, 3.05) is 6.61 Å². The molecule has 0 aromatic heterocycles. The van der Waals surface area contributed by atoms with Crippen molar-refractivity contribution in [2.24, 2.45) is 0 Å². The van der Waals surface area contributed by atoms with Gasteiger partial charge in [0.2, 0.25) is 0 Å². The maximum absolute atomic E-state index is 10.5. The van der Waals surface area contributed by atoms with E-state index in [1.165, 1.54) is 0 Å². The molecule has 0 bridgehead atoms. The minimum absolute atomic E-state index is 0. The van der Waals surface area contributed by atoms with Gasteiger partial charge in [-0.1, -0.05) is 30.3 Å². The second kappa shape index (κ2) is 10.7. The van der Waals surface area contributed by atoms with Crippen LogP contribution < -0.4 is 0 Å². The first kappa shape index (κ1) is 22.0. The molecular weight excluding hydrogens is 513 g/mol. The SMILES string of the molecule is O=C([S-])c1ccccc1.OCC1OC([S-])C(O)C(O)C1O.[Au]. The van der Waals surface area contributed by atoms with Gasteiger partial charge in [-0.05, 0) is 11.0 Å². The number of aliphatic hydroxyl groups is 4. The molecule has 1 heterocycles. The third-order valence-electron chi connectivity index (χ3n) is 2.86. The largest absolute Gasteiger partial charge is 0.759 e. The summed E-state index contributed by atoms with van der Waals surface area (Å²) < 4.78 is 4.84. The zero-order valence-corrected chi connectivity index (χ0v) is 15.0. The predicted molar refractivity (Wildman–Crippen MR) is 79.3 cm³/mol. The molecule has 1 aliphatic rings. The van der Waals surface area contributed by atoms with E-state index in [1.807, 2.05) is 6.07 Å². The molecule has 0 saturated carbocycles. The molecule has 1 fully saturated rings. The predicted octanol–water partition coefficient (Wildman–Crippen LogP) is -1.30. The van der Waals surface area contributed by atoms with E-state index in [0.717, 1.165) is 0 Å². The van der Waals surface area contributed by atoms with Gasteiger partial charge in [-0.2, -0.15) is 0 Å². The molecule has 0 aliphatic carbocycles. The van der Waals surface area contributed by atoms with Gasteiger partial charge in [0.05, 0.1) is 12.7 Å². The van der Waals surface area contributed by atoms with Crippen LogP contribution in [0.3, 0.4) is 0 Å². The Morgan fingerprint density at radius 2 is 1.64 bits per heavy atom. The minimum atomic E-state index is -1.35. The summed E-state index contributed by atoms with van der Waals surface area (Å²) in [5.74, 6) is 0. The van der Waals surface area contributed by atoms with E-state index in [-0.39, 0.29) is 27.5 Å². The van der Waals surface area contributed by atoms with Crippen molar-refractivity contribution < 1.29 is 52.3 Å². The first-order valence-corrected chi connectivity index (χ1v) is 6.99. The van der Waals surface area contributed by atoms with Gasteiger partial charge in [0.25, 0.3) is 0 Å². The molecule has 22 heavy (non-hydrogen) atoms. The van der Waals surface area contributed by atoms with Crippen LogP contribution in [0.5, 0.6) is 0 Å². The Labute approximate surface area is 154 Å². The van der Waals surface area contributed by atoms with Gasteiger partial charge in [-0.25, -0.2) is 0 Å². The van der Waals surface area contributed by atoms with Crippen molar-refractivity contribution >= 4 is 30.4 Å². The van der Waals surface area contributed by atoms with E-state index in [2.05, 4.69) is 25.3 Å². The molecule has 1 aliphatic heterocycles. The third kappa shape index (κ3) is 6.25. The van der Waals surface area contributed by atoms with Crippen LogP contribution in [0.15, 0.2) is 30.3 Å². The van der Waals surface area contributed by atoms with E-state index >= 15 is 0 Å². The van der Waals surface area contributed by atoms with Crippen molar-refractivity contribution in [3.05, 3.63) is 35.9 Å². The van der Waals surface area contributed by atoms with Crippen LogP contribution in [0.25, 0.3) is 0 Å². The molecule has 2 rings (SSSR count). The maximum Gasteiger partial charge on any atom is 0.111 e. The number of rotatable bonds is 2. The van der Waals surface area contributed by atoms with E-state index in [0.29, 0.717) is 5.56 Å². The van der Waals surface area contributed by atoms with Crippen LogP contribution in [0.4, 0.5) is 0 Å². The summed E-state index contributed by atoms with van der Waals surface area (Å²) in [5.41, 5.74) is -0.395. The van der Waals surface area contributed by atoms with Crippen LogP contribution in [0.1, 0.15) is 10.4 Å². The van der Waals surface area contributed by atoms with Crippen LogP contribution in [0.2, 0.25) is 0 Å². The van der Waals surface area contributed by atoms with E-state index in [4.69, 9.17) is 20.1 Å². The molecular formula is C13H16AuO6S2-2. The van der Waals surface area contributed by atoms with Gasteiger partial charge in [0.1, 0.15) is 18.3 Å². The standard InChI is InChI=1S/C7H6OS.C6H12O5S.Au/c8-7(9)6-4-2-1-3-5-6;7-1-2-3(8)4(9)5(10)6(12)11-2;/h1-5H,(H,8,9);2-10,12H,1H2;/p-2. The molecule has 0 amide bonds.